The Morgan fingerprint density at radius 1 is 1.38 bits per heavy atom. The van der Waals surface area contributed by atoms with Crippen molar-refractivity contribution in [1.29, 1.82) is 0 Å². The minimum atomic E-state index is -0.345. The van der Waals surface area contributed by atoms with E-state index in [1.165, 1.54) is 11.3 Å². The Hall–Kier alpha value is -1.73. The Kier molecular flexibility index (Phi) is 5.46. The van der Waals surface area contributed by atoms with Crippen molar-refractivity contribution in [3.8, 4) is 0 Å². The number of aromatic nitrogens is 1. The average molecular weight is 309 g/mol. The molecular formula is C14H19N3O3S. The van der Waals surface area contributed by atoms with Crippen LogP contribution < -0.4 is 5.32 Å². The molecule has 114 valence electrons. The number of fused-ring (bicyclic) bond motifs is 1. The molecule has 2 rings (SSSR count). The van der Waals surface area contributed by atoms with Crippen LogP contribution in [0.15, 0.2) is 12.1 Å². The lowest BCUT2D eigenvalue weighted by atomic mass is 10.2. The molecule has 0 radical (unpaired) electrons. The Balaban J connectivity index is 2.06. The van der Waals surface area contributed by atoms with Crippen molar-refractivity contribution < 1.29 is 9.66 Å². The molecule has 0 saturated carbocycles. The molecule has 0 bridgehead atoms. The number of nitro groups is 1. The Bertz CT molecular complexity index is 627. The number of nitrogens with one attached hydrogen (secondary N) is 1. The van der Waals surface area contributed by atoms with Crippen molar-refractivity contribution in [2.45, 2.75) is 26.2 Å². The number of hydrogen-bond acceptors (Lipinski definition) is 6. The van der Waals surface area contributed by atoms with Gasteiger partial charge in [0.05, 0.1) is 20.1 Å². The molecule has 6 nitrogen and oxygen atoms in total. The van der Waals surface area contributed by atoms with Gasteiger partial charge in [0.1, 0.15) is 5.69 Å². The maximum atomic E-state index is 11.2. The molecule has 0 atom stereocenters. The van der Waals surface area contributed by atoms with Crippen LogP contribution in [0.5, 0.6) is 0 Å². The minimum absolute atomic E-state index is 0.114. The lowest BCUT2D eigenvalue weighted by Gasteiger charge is -2.07. The Morgan fingerprint density at radius 3 is 2.90 bits per heavy atom. The zero-order valence-electron chi connectivity index (χ0n) is 12.2. The molecule has 1 N–H and O–H groups in total. The van der Waals surface area contributed by atoms with Gasteiger partial charge in [-0.25, -0.2) is 4.98 Å². The average Bonchev–Trinajstić information content (AvgIpc) is 2.80. The first-order valence-corrected chi connectivity index (χ1v) is 7.72. The summed E-state index contributed by atoms with van der Waals surface area (Å²) in [6.07, 6.45) is 2.99. The summed E-state index contributed by atoms with van der Waals surface area (Å²) in [5.74, 6) is 0. The normalized spacial score (nSPS) is 11.0. The zero-order chi connectivity index (χ0) is 15.2. The molecule has 0 unspecified atom stereocenters. The first kappa shape index (κ1) is 15.7. The van der Waals surface area contributed by atoms with E-state index < -0.39 is 0 Å². The number of benzene rings is 1. The van der Waals surface area contributed by atoms with E-state index in [1.807, 2.05) is 6.92 Å². The molecule has 0 saturated heterocycles. The summed E-state index contributed by atoms with van der Waals surface area (Å²) in [6, 6.07) is 3.37. The Morgan fingerprint density at radius 2 is 2.19 bits per heavy atom. The maximum Gasteiger partial charge on any atom is 0.293 e. The first-order chi connectivity index (χ1) is 10.1. The zero-order valence-corrected chi connectivity index (χ0v) is 13.0. The van der Waals surface area contributed by atoms with E-state index in [2.05, 4.69) is 10.3 Å². The second-order valence-electron chi connectivity index (χ2n) is 4.81. The third-order valence-corrected chi connectivity index (χ3v) is 4.08. The number of hydrogen-bond donors (Lipinski definition) is 1. The summed E-state index contributed by atoms with van der Waals surface area (Å²) in [7, 11) is 1.69. The lowest BCUT2D eigenvalue weighted by molar-refractivity contribution is -0.383. The van der Waals surface area contributed by atoms with Crippen molar-refractivity contribution in [3.63, 3.8) is 0 Å². The van der Waals surface area contributed by atoms with E-state index >= 15 is 0 Å². The lowest BCUT2D eigenvalue weighted by Crippen LogP contribution is -2.04. The van der Waals surface area contributed by atoms with Crippen molar-refractivity contribution in [2.24, 2.45) is 0 Å². The highest BCUT2D eigenvalue weighted by Gasteiger charge is 2.16. The second-order valence-corrected chi connectivity index (χ2v) is 6.04. The number of aryl methyl sites for hydroxylation is 1. The number of nitro benzene ring substituents is 1. The fraction of sp³-hybridized carbons (Fsp3) is 0.500. The van der Waals surface area contributed by atoms with Gasteiger partial charge in [-0.3, -0.25) is 10.1 Å². The van der Waals surface area contributed by atoms with Crippen molar-refractivity contribution in [1.82, 2.24) is 4.98 Å². The van der Waals surface area contributed by atoms with Gasteiger partial charge in [-0.2, -0.15) is 0 Å². The number of methoxy groups -OCH3 is 1. The summed E-state index contributed by atoms with van der Waals surface area (Å²) >= 11 is 1.47. The molecule has 7 heteroatoms. The fourth-order valence-corrected chi connectivity index (χ4v) is 2.98. The molecule has 1 aromatic carbocycles. The molecule has 1 aromatic heterocycles. The molecule has 0 aliphatic carbocycles. The number of anilines is 1. The summed E-state index contributed by atoms with van der Waals surface area (Å²) in [5.41, 5.74) is 1.47. The van der Waals surface area contributed by atoms with Crippen LogP contribution in [0.3, 0.4) is 0 Å². The van der Waals surface area contributed by atoms with Crippen molar-refractivity contribution in [2.75, 3.05) is 25.6 Å². The van der Waals surface area contributed by atoms with E-state index in [0.29, 0.717) is 12.2 Å². The molecule has 0 aliphatic rings. The van der Waals surface area contributed by atoms with E-state index in [4.69, 9.17) is 4.74 Å². The van der Waals surface area contributed by atoms with Crippen LogP contribution in [0, 0.1) is 17.0 Å². The number of nitrogens with zero attached hydrogens (tertiary/aromatic N) is 2. The van der Waals surface area contributed by atoms with Crippen LogP contribution in [0.1, 0.15) is 24.3 Å². The predicted molar refractivity (Wildman–Crippen MR) is 85.2 cm³/mol. The van der Waals surface area contributed by atoms with Crippen LogP contribution in [0.4, 0.5) is 11.4 Å². The van der Waals surface area contributed by atoms with Crippen molar-refractivity contribution >= 4 is 32.9 Å². The highest BCUT2D eigenvalue weighted by Crippen LogP contribution is 2.32. The van der Waals surface area contributed by atoms with E-state index in [1.54, 1.807) is 19.2 Å². The fourth-order valence-electron chi connectivity index (χ4n) is 2.14. The van der Waals surface area contributed by atoms with Gasteiger partial charge in [-0.15, -0.1) is 11.3 Å². The number of ether oxygens (including phenoxy) is 1. The van der Waals surface area contributed by atoms with Gasteiger partial charge in [-0.1, -0.05) is 0 Å². The molecule has 0 aliphatic heterocycles. The van der Waals surface area contributed by atoms with Gasteiger partial charge in [0.15, 0.2) is 0 Å². The monoisotopic (exact) mass is 309 g/mol. The predicted octanol–water partition coefficient (Wildman–Crippen LogP) is 3.74. The SMILES string of the molecule is COCCCCCNc1cc2nc(C)sc2cc1[N+](=O)[O-]. The summed E-state index contributed by atoms with van der Waals surface area (Å²) in [6.45, 7) is 3.36. The highest BCUT2D eigenvalue weighted by molar-refractivity contribution is 7.18. The third kappa shape index (κ3) is 4.12. The third-order valence-electron chi connectivity index (χ3n) is 3.15. The number of thiazole rings is 1. The van der Waals surface area contributed by atoms with Crippen LogP contribution in [-0.4, -0.2) is 30.2 Å². The van der Waals surface area contributed by atoms with E-state index in [-0.39, 0.29) is 10.6 Å². The van der Waals surface area contributed by atoms with E-state index in [0.717, 1.165) is 41.1 Å². The highest BCUT2D eigenvalue weighted by atomic mass is 32.1. The second kappa shape index (κ2) is 7.33. The molecule has 0 spiro atoms. The Labute approximate surface area is 127 Å². The number of unbranched alkanes of at least 4 members (excludes halogenated alkanes) is 2. The summed E-state index contributed by atoms with van der Waals surface area (Å²) < 4.78 is 5.84. The van der Waals surface area contributed by atoms with Gasteiger partial charge >= 0.3 is 0 Å². The van der Waals surface area contributed by atoms with Gasteiger partial charge < -0.3 is 10.1 Å². The van der Waals surface area contributed by atoms with Crippen LogP contribution in [0.25, 0.3) is 10.2 Å². The maximum absolute atomic E-state index is 11.2. The summed E-state index contributed by atoms with van der Waals surface area (Å²) in [4.78, 5) is 15.2. The minimum Gasteiger partial charge on any atom is -0.385 e. The standard InChI is InChI=1S/C14H19N3O3S/c1-10-16-12-8-11(15-6-4-3-5-7-20-2)13(17(18)19)9-14(12)21-10/h8-9,15H,3-7H2,1-2H3. The first-order valence-electron chi connectivity index (χ1n) is 6.90. The van der Waals surface area contributed by atoms with Gasteiger partial charge in [-0.05, 0) is 32.3 Å². The quantitative estimate of drug-likeness (QED) is 0.456. The molecule has 1 heterocycles. The largest absolute Gasteiger partial charge is 0.385 e. The molecular weight excluding hydrogens is 290 g/mol. The van der Waals surface area contributed by atoms with Crippen LogP contribution >= 0.6 is 11.3 Å². The van der Waals surface area contributed by atoms with E-state index in [9.17, 15) is 10.1 Å². The molecule has 21 heavy (non-hydrogen) atoms. The summed E-state index contributed by atoms with van der Waals surface area (Å²) in [5, 5.41) is 15.2. The molecule has 0 amide bonds. The van der Waals surface area contributed by atoms with Crippen LogP contribution in [0.2, 0.25) is 0 Å². The van der Waals surface area contributed by atoms with Gasteiger partial charge in [0.25, 0.3) is 5.69 Å². The molecule has 0 fully saturated rings. The molecule has 2 aromatic rings. The number of rotatable bonds is 8. The van der Waals surface area contributed by atoms with Gasteiger partial charge in [0, 0.05) is 26.3 Å². The van der Waals surface area contributed by atoms with Gasteiger partial charge in [0.2, 0.25) is 0 Å². The van der Waals surface area contributed by atoms with Crippen molar-refractivity contribution in [3.05, 3.63) is 27.3 Å². The van der Waals surface area contributed by atoms with Crippen LogP contribution in [-0.2, 0) is 4.74 Å². The topological polar surface area (TPSA) is 77.3 Å². The smallest absolute Gasteiger partial charge is 0.293 e.